The second kappa shape index (κ2) is 5.70. The molecule has 0 bridgehead atoms. The Kier molecular flexibility index (Phi) is 4.25. The Morgan fingerprint density at radius 1 is 1.19 bits per heavy atom. The molecule has 2 aliphatic rings. The summed E-state index contributed by atoms with van der Waals surface area (Å²) in [6.45, 7) is 4.27. The van der Waals surface area contributed by atoms with Gasteiger partial charge in [0.2, 0.25) is 5.91 Å². The van der Waals surface area contributed by atoms with Gasteiger partial charge in [-0.05, 0) is 31.1 Å². The number of likely N-dealkylation sites (tertiary alicyclic amines) is 1. The van der Waals surface area contributed by atoms with E-state index < -0.39 is 0 Å². The third kappa shape index (κ3) is 3.23. The SMILES string of the molecule is CC1CCCN(C(=O)CCC2CCCC2)C1. The van der Waals surface area contributed by atoms with E-state index in [1.165, 1.54) is 38.5 Å². The van der Waals surface area contributed by atoms with Gasteiger partial charge in [0, 0.05) is 19.5 Å². The summed E-state index contributed by atoms with van der Waals surface area (Å²) in [6, 6.07) is 0. The third-order valence-corrected chi connectivity index (χ3v) is 4.25. The first-order valence-electron chi connectivity index (χ1n) is 7.03. The monoisotopic (exact) mass is 223 g/mol. The predicted molar refractivity (Wildman–Crippen MR) is 66.2 cm³/mol. The van der Waals surface area contributed by atoms with Crippen molar-refractivity contribution in [1.29, 1.82) is 0 Å². The molecule has 2 rings (SSSR count). The van der Waals surface area contributed by atoms with Crippen LogP contribution in [-0.4, -0.2) is 23.9 Å². The summed E-state index contributed by atoms with van der Waals surface area (Å²) < 4.78 is 0. The van der Waals surface area contributed by atoms with E-state index in [9.17, 15) is 4.79 Å². The minimum atomic E-state index is 0.415. The minimum absolute atomic E-state index is 0.415. The molecule has 1 saturated heterocycles. The van der Waals surface area contributed by atoms with Gasteiger partial charge in [0.15, 0.2) is 0 Å². The van der Waals surface area contributed by atoms with Gasteiger partial charge in [-0.15, -0.1) is 0 Å². The maximum absolute atomic E-state index is 12.0. The van der Waals surface area contributed by atoms with Crippen LogP contribution in [0.3, 0.4) is 0 Å². The zero-order valence-corrected chi connectivity index (χ0v) is 10.6. The first-order valence-corrected chi connectivity index (χ1v) is 7.03. The quantitative estimate of drug-likeness (QED) is 0.719. The van der Waals surface area contributed by atoms with Crippen molar-refractivity contribution in [1.82, 2.24) is 4.90 Å². The van der Waals surface area contributed by atoms with Crippen LogP contribution in [0.15, 0.2) is 0 Å². The summed E-state index contributed by atoms with van der Waals surface area (Å²) >= 11 is 0. The van der Waals surface area contributed by atoms with Gasteiger partial charge in [-0.2, -0.15) is 0 Å². The molecule has 2 heteroatoms. The Labute approximate surface area is 99.4 Å². The van der Waals surface area contributed by atoms with E-state index in [0.29, 0.717) is 11.8 Å². The van der Waals surface area contributed by atoms with Crippen LogP contribution in [0.1, 0.15) is 58.3 Å². The number of piperidine rings is 1. The molecule has 1 amide bonds. The topological polar surface area (TPSA) is 20.3 Å². The number of amides is 1. The van der Waals surface area contributed by atoms with E-state index in [4.69, 9.17) is 0 Å². The summed E-state index contributed by atoms with van der Waals surface area (Å²) in [6.07, 6.45) is 9.95. The van der Waals surface area contributed by atoms with E-state index in [-0.39, 0.29) is 0 Å². The minimum Gasteiger partial charge on any atom is -0.342 e. The molecule has 0 aromatic rings. The van der Waals surface area contributed by atoms with Crippen LogP contribution in [0.4, 0.5) is 0 Å². The summed E-state index contributed by atoms with van der Waals surface area (Å²) in [5.41, 5.74) is 0. The van der Waals surface area contributed by atoms with Crippen molar-refractivity contribution in [3.8, 4) is 0 Å². The lowest BCUT2D eigenvalue weighted by Gasteiger charge is -2.31. The van der Waals surface area contributed by atoms with Gasteiger partial charge in [-0.3, -0.25) is 4.79 Å². The van der Waals surface area contributed by atoms with Crippen molar-refractivity contribution >= 4 is 5.91 Å². The molecule has 1 saturated carbocycles. The van der Waals surface area contributed by atoms with Gasteiger partial charge in [0.25, 0.3) is 0 Å². The summed E-state index contributed by atoms with van der Waals surface area (Å²) in [5, 5.41) is 0. The molecule has 0 N–H and O–H groups in total. The van der Waals surface area contributed by atoms with E-state index in [2.05, 4.69) is 11.8 Å². The molecular formula is C14H25NO. The number of hydrogen-bond acceptors (Lipinski definition) is 1. The van der Waals surface area contributed by atoms with E-state index >= 15 is 0 Å². The van der Waals surface area contributed by atoms with Crippen molar-refractivity contribution in [3.63, 3.8) is 0 Å². The molecule has 1 heterocycles. The largest absolute Gasteiger partial charge is 0.342 e. The van der Waals surface area contributed by atoms with Crippen LogP contribution >= 0.6 is 0 Å². The Morgan fingerprint density at radius 3 is 2.62 bits per heavy atom. The second-order valence-corrected chi connectivity index (χ2v) is 5.78. The standard InChI is InChI=1S/C14H25NO/c1-12-5-4-10-15(11-12)14(16)9-8-13-6-2-3-7-13/h12-13H,2-11H2,1H3. The number of hydrogen-bond donors (Lipinski definition) is 0. The fourth-order valence-electron chi connectivity index (χ4n) is 3.20. The highest BCUT2D eigenvalue weighted by atomic mass is 16.2. The lowest BCUT2D eigenvalue weighted by atomic mass is 9.98. The molecule has 0 aromatic heterocycles. The average Bonchev–Trinajstić information content (AvgIpc) is 2.78. The van der Waals surface area contributed by atoms with Crippen LogP contribution in [-0.2, 0) is 4.79 Å². The van der Waals surface area contributed by atoms with Crippen LogP contribution in [0.5, 0.6) is 0 Å². The maximum Gasteiger partial charge on any atom is 0.222 e. The molecule has 0 radical (unpaired) electrons. The summed E-state index contributed by atoms with van der Waals surface area (Å²) in [5.74, 6) is 1.98. The van der Waals surface area contributed by atoms with Crippen LogP contribution in [0.2, 0.25) is 0 Å². The molecule has 2 nitrogen and oxygen atoms in total. The van der Waals surface area contributed by atoms with Gasteiger partial charge in [-0.25, -0.2) is 0 Å². The molecule has 0 aromatic carbocycles. The Balaban J connectivity index is 1.70. The Hall–Kier alpha value is -0.530. The number of rotatable bonds is 3. The zero-order chi connectivity index (χ0) is 11.4. The lowest BCUT2D eigenvalue weighted by Crippen LogP contribution is -2.39. The molecule has 1 unspecified atom stereocenters. The van der Waals surface area contributed by atoms with Crippen molar-refractivity contribution in [2.24, 2.45) is 11.8 Å². The molecule has 1 atom stereocenters. The lowest BCUT2D eigenvalue weighted by molar-refractivity contribution is -0.133. The normalized spacial score (nSPS) is 27.3. The van der Waals surface area contributed by atoms with E-state index in [0.717, 1.165) is 31.8 Å². The highest BCUT2D eigenvalue weighted by Gasteiger charge is 2.22. The molecule has 0 spiro atoms. The molecular weight excluding hydrogens is 198 g/mol. The summed E-state index contributed by atoms with van der Waals surface area (Å²) in [7, 11) is 0. The summed E-state index contributed by atoms with van der Waals surface area (Å²) in [4.78, 5) is 14.1. The van der Waals surface area contributed by atoms with E-state index in [1.54, 1.807) is 0 Å². The predicted octanol–water partition coefficient (Wildman–Crippen LogP) is 3.22. The molecule has 1 aliphatic carbocycles. The van der Waals surface area contributed by atoms with Gasteiger partial charge >= 0.3 is 0 Å². The maximum atomic E-state index is 12.0. The highest BCUT2D eigenvalue weighted by molar-refractivity contribution is 5.76. The third-order valence-electron chi connectivity index (χ3n) is 4.25. The fourth-order valence-corrected chi connectivity index (χ4v) is 3.20. The van der Waals surface area contributed by atoms with E-state index in [1.807, 2.05) is 0 Å². The van der Waals surface area contributed by atoms with Gasteiger partial charge in [0.05, 0.1) is 0 Å². The van der Waals surface area contributed by atoms with Crippen LogP contribution in [0, 0.1) is 11.8 Å². The number of nitrogens with zero attached hydrogens (tertiary/aromatic N) is 1. The van der Waals surface area contributed by atoms with Gasteiger partial charge in [0.1, 0.15) is 0 Å². The Morgan fingerprint density at radius 2 is 1.94 bits per heavy atom. The molecule has 92 valence electrons. The smallest absolute Gasteiger partial charge is 0.222 e. The number of carbonyl (C=O) groups is 1. The first kappa shape index (κ1) is 11.9. The van der Waals surface area contributed by atoms with Crippen LogP contribution in [0.25, 0.3) is 0 Å². The van der Waals surface area contributed by atoms with Crippen molar-refractivity contribution in [2.75, 3.05) is 13.1 Å². The fraction of sp³-hybridized carbons (Fsp3) is 0.929. The van der Waals surface area contributed by atoms with Crippen molar-refractivity contribution < 1.29 is 4.79 Å². The van der Waals surface area contributed by atoms with Crippen LogP contribution < -0.4 is 0 Å². The molecule has 16 heavy (non-hydrogen) atoms. The van der Waals surface area contributed by atoms with Gasteiger partial charge in [-0.1, -0.05) is 32.6 Å². The molecule has 2 fully saturated rings. The van der Waals surface area contributed by atoms with Crippen molar-refractivity contribution in [2.45, 2.75) is 58.3 Å². The number of carbonyl (C=O) groups excluding carboxylic acids is 1. The zero-order valence-electron chi connectivity index (χ0n) is 10.6. The first-order chi connectivity index (χ1) is 7.75. The highest BCUT2D eigenvalue weighted by Crippen LogP contribution is 2.29. The van der Waals surface area contributed by atoms with Gasteiger partial charge < -0.3 is 4.90 Å². The average molecular weight is 223 g/mol. The Bertz CT molecular complexity index is 233. The second-order valence-electron chi connectivity index (χ2n) is 5.78. The molecule has 1 aliphatic heterocycles. The van der Waals surface area contributed by atoms with Crippen molar-refractivity contribution in [3.05, 3.63) is 0 Å².